The van der Waals surface area contributed by atoms with Crippen LogP contribution in [0.3, 0.4) is 0 Å². The number of nitrogens with one attached hydrogen (secondary N) is 1. The molecule has 0 aliphatic heterocycles. The molecule has 0 aliphatic carbocycles. The number of nitrogens with zero attached hydrogens (tertiary/aromatic N) is 2. The second kappa shape index (κ2) is 4.20. The first-order chi connectivity index (χ1) is 9.16. The highest BCUT2D eigenvalue weighted by Crippen LogP contribution is 2.29. The van der Waals surface area contributed by atoms with E-state index in [4.69, 9.17) is 0 Å². The number of carbonyl (C=O) groups is 1. The molecule has 0 spiro atoms. The van der Waals surface area contributed by atoms with Crippen molar-refractivity contribution in [3.05, 3.63) is 48.0 Å². The van der Waals surface area contributed by atoms with E-state index in [1.54, 1.807) is 13.1 Å². The largest absolute Gasteiger partial charge is 0.478 e. The summed E-state index contributed by atoms with van der Waals surface area (Å²) in [4.78, 5) is 22.6. The second-order valence-corrected chi connectivity index (χ2v) is 4.23. The third-order valence-electron chi connectivity index (χ3n) is 2.98. The molecular formula is C14H11N3O2. The molecule has 2 N–H and O–H groups in total. The van der Waals surface area contributed by atoms with Crippen molar-refractivity contribution in [3.8, 4) is 11.3 Å². The van der Waals surface area contributed by atoms with Crippen LogP contribution in [0.4, 0.5) is 0 Å². The van der Waals surface area contributed by atoms with Crippen molar-refractivity contribution in [2.45, 2.75) is 6.92 Å². The van der Waals surface area contributed by atoms with E-state index in [9.17, 15) is 9.90 Å². The van der Waals surface area contributed by atoms with Gasteiger partial charge in [-0.15, -0.1) is 0 Å². The van der Waals surface area contributed by atoms with Gasteiger partial charge in [-0.3, -0.25) is 0 Å². The van der Waals surface area contributed by atoms with Gasteiger partial charge < -0.3 is 10.1 Å². The molecule has 5 nitrogen and oxygen atoms in total. The van der Waals surface area contributed by atoms with E-state index in [0.717, 1.165) is 16.5 Å². The van der Waals surface area contributed by atoms with Gasteiger partial charge in [-0.05, 0) is 13.0 Å². The number of para-hydroxylation sites is 1. The van der Waals surface area contributed by atoms with Crippen LogP contribution in [0.5, 0.6) is 0 Å². The Morgan fingerprint density at radius 3 is 2.89 bits per heavy atom. The van der Waals surface area contributed by atoms with Crippen LogP contribution in [-0.4, -0.2) is 26.0 Å². The summed E-state index contributed by atoms with van der Waals surface area (Å²) < 4.78 is 0. The summed E-state index contributed by atoms with van der Waals surface area (Å²) in [5.41, 5.74) is 2.27. The summed E-state index contributed by atoms with van der Waals surface area (Å²) in [6, 6.07) is 7.71. The lowest BCUT2D eigenvalue weighted by Gasteiger charge is -2.04. The Balaban J connectivity index is 2.32. The average Bonchev–Trinajstić information content (AvgIpc) is 2.82. The number of aromatic nitrogens is 3. The summed E-state index contributed by atoms with van der Waals surface area (Å²) in [5.74, 6) is -0.481. The van der Waals surface area contributed by atoms with Crippen LogP contribution in [0.25, 0.3) is 22.2 Å². The molecule has 2 aromatic heterocycles. The van der Waals surface area contributed by atoms with Crippen LogP contribution in [0.2, 0.25) is 0 Å². The predicted octanol–water partition coefficient (Wildman–Crippen LogP) is 2.63. The van der Waals surface area contributed by atoms with E-state index in [2.05, 4.69) is 15.0 Å². The van der Waals surface area contributed by atoms with Crippen LogP contribution in [0.15, 0.2) is 36.7 Å². The standard InChI is InChI=1S/C14H11N3O2/c1-8-15-7-11(14(18)19)13(17-8)10-6-16-12-5-3-2-4-9(10)12/h2-7,16H,1H3,(H,18,19). The third-order valence-corrected chi connectivity index (χ3v) is 2.98. The normalized spacial score (nSPS) is 10.8. The van der Waals surface area contributed by atoms with Gasteiger partial charge in [0.1, 0.15) is 11.4 Å². The highest BCUT2D eigenvalue weighted by molar-refractivity contribution is 6.01. The first-order valence-corrected chi connectivity index (χ1v) is 5.80. The molecule has 0 unspecified atom stereocenters. The molecule has 0 bridgehead atoms. The summed E-state index contributed by atoms with van der Waals surface area (Å²) in [5, 5.41) is 10.2. The molecule has 0 fully saturated rings. The Hall–Kier alpha value is -2.69. The number of benzene rings is 1. The van der Waals surface area contributed by atoms with E-state index in [0.29, 0.717) is 11.5 Å². The Kier molecular flexibility index (Phi) is 2.52. The maximum absolute atomic E-state index is 11.3. The molecule has 3 aromatic rings. The fraction of sp³-hybridized carbons (Fsp3) is 0.0714. The van der Waals surface area contributed by atoms with Crippen LogP contribution < -0.4 is 0 Å². The van der Waals surface area contributed by atoms with Crippen molar-refractivity contribution < 1.29 is 9.90 Å². The third kappa shape index (κ3) is 1.85. The van der Waals surface area contributed by atoms with E-state index in [1.165, 1.54) is 6.20 Å². The number of carboxylic acid groups (broad SMARTS) is 1. The number of H-pyrrole nitrogens is 1. The van der Waals surface area contributed by atoms with Crippen molar-refractivity contribution in [2.24, 2.45) is 0 Å². The van der Waals surface area contributed by atoms with Gasteiger partial charge in [-0.25, -0.2) is 14.8 Å². The molecule has 5 heteroatoms. The van der Waals surface area contributed by atoms with Gasteiger partial charge >= 0.3 is 5.97 Å². The van der Waals surface area contributed by atoms with Gasteiger partial charge in [0, 0.05) is 28.9 Å². The van der Waals surface area contributed by atoms with Crippen molar-refractivity contribution in [1.29, 1.82) is 0 Å². The Labute approximate surface area is 109 Å². The minimum absolute atomic E-state index is 0.107. The van der Waals surface area contributed by atoms with Crippen LogP contribution in [0, 0.1) is 6.92 Å². The summed E-state index contributed by atoms with van der Waals surface area (Å²) in [6.45, 7) is 1.74. The number of hydrogen-bond donors (Lipinski definition) is 2. The number of fused-ring (bicyclic) bond motifs is 1. The van der Waals surface area contributed by atoms with E-state index in [-0.39, 0.29) is 5.56 Å². The van der Waals surface area contributed by atoms with E-state index >= 15 is 0 Å². The molecule has 2 heterocycles. The number of carboxylic acids is 1. The molecule has 0 saturated carbocycles. The molecule has 3 rings (SSSR count). The minimum Gasteiger partial charge on any atom is -0.478 e. The van der Waals surface area contributed by atoms with Crippen molar-refractivity contribution >= 4 is 16.9 Å². The Morgan fingerprint density at radius 2 is 2.11 bits per heavy atom. The lowest BCUT2D eigenvalue weighted by molar-refractivity contribution is 0.0697. The maximum atomic E-state index is 11.3. The number of hydrogen-bond acceptors (Lipinski definition) is 3. The molecule has 94 valence electrons. The maximum Gasteiger partial charge on any atom is 0.339 e. The van der Waals surface area contributed by atoms with Crippen molar-refractivity contribution in [2.75, 3.05) is 0 Å². The molecule has 0 radical (unpaired) electrons. The van der Waals surface area contributed by atoms with Gasteiger partial charge in [0.25, 0.3) is 0 Å². The quantitative estimate of drug-likeness (QED) is 0.735. The summed E-state index contributed by atoms with van der Waals surface area (Å²) in [6.07, 6.45) is 3.13. The zero-order chi connectivity index (χ0) is 13.4. The van der Waals surface area contributed by atoms with Gasteiger partial charge in [0.15, 0.2) is 0 Å². The molecule has 19 heavy (non-hydrogen) atoms. The van der Waals surface area contributed by atoms with Gasteiger partial charge in [-0.1, -0.05) is 18.2 Å². The smallest absolute Gasteiger partial charge is 0.339 e. The fourth-order valence-corrected chi connectivity index (χ4v) is 2.10. The highest BCUT2D eigenvalue weighted by atomic mass is 16.4. The molecule has 0 amide bonds. The SMILES string of the molecule is Cc1ncc(C(=O)O)c(-c2c[nH]c3ccccc23)n1. The summed E-state index contributed by atoms with van der Waals surface area (Å²) in [7, 11) is 0. The Bertz CT molecular complexity index is 777. The van der Waals surface area contributed by atoms with Gasteiger partial charge in [0.05, 0.1) is 5.69 Å². The Morgan fingerprint density at radius 1 is 1.32 bits per heavy atom. The first kappa shape index (κ1) is 11.4. The van der Waals surface area contributed by atoms with E-state index < -0.39 is 5.97 Å². The second-order valence-electron chi connectivity index (χ2n) is 4.23. The van der Waals surface area contributed by atoms with Crippen LogP contribution >= 0.6 is 0 Å². The number of aromatic carboxylic acids is 1. The van der Waals surface area contributed by atoms with Crippen LogP contribution in [0.1, 0.15) is 16.2 Å². The zero-order valence-corrected chi connectivity index (χ0v) is 10.2. The monoisotopic (exact) mass is 253 g/mol. The lowest BCUT2D eigenvalue weighted by atomic mass is 10.1. The van der Waals surface area contributed by atoms with Crippen molar-refractivity contribution in [1.82, 2.24) is 15.0 Å². The average molecular weight is 253 g/mol. The molecular weight excluding hydrogens is 242 g/mol. The zero-order valence-electron chi connectivity index (χ0n) is 10.2. The van der Waals surface area contributed by atoms with Gasteiger partial charge in [-0.2, -0.15) is 0 Å². The first-order valence-electron chi connectivity index (χ1n) is 5.80. The van der Waals surface area contributed by atoms with Crippen molar-refractivity contribution in [3.63, 3.8) is 0 Å². The minimum atomic E-state index is -1.03. The van der Waals surface area contributed by atoms with Crippen LogP contribution in [-0.2, 0) is 0 Å². The lowest BCUT2D eigenvalue weighted by Crippen LogP contribution is -2.04. The highest BCUT2D eigenvalue weighted by Gasteiger charge is 2.17. The van der Waals surface area contributed by atoms with Gasteiger partial charge in [0.2, 0.25) is 0 Å². The van der Waals surface area contributed by atoms with E-state index in [1.807, 2.05) is 24.3 Å². The predicted molar refractivity (Wildman–Crippen MR) is 71.0 cm³/mol. The topological polar surface area (TPSA) is 78.9 Å². The molecule has 0 atom stereocenters. The summed E-state index contributed by atoms with van der Waals surface area (Å²) >= 11 is 0. The molecule has 0 saturated heterocycles. The fourth-order valence-electron chi connectivity index (χ4n) is 2.10. The number of rotatable bonds is 2. The molecule has 0 aliphatic rings. The molecule has 1 aromatic carbocycles. The number of aromatic amines is 1. The number of aryl methyl sites for hydroxylation is 1.